The molecule has 5 heteroatoms. The van der Waals surface area contributed by atoms with Gasteiger partial charge in [-0.3, -0.25) is 0 Å². The Labute approximate surface area is 122 Å². The second-order valence-electron chi connectivity index (χ2n) is 5.45. The number of aromatic nitrogens is 2. The lowest BCUT2D eigenvalue weighted by molar-refractivity contribution is 0.00621. The maximum atomic E-state index is 13.6. The summed E-state index contributed by atoms with van der Waals surface area (Å²) < 4.78 is 21.3. The van der Waals surface area contributed by atoms with Crippen molar-refractivity contribution in [3.63, 3.8) is 0 Å². The number of fused-ring (bicyclic) bond motifs is 1. The van der Waals surface area contributed by atoms with Gasteiger partial charge in [0.1, 0.15) is 11.6 Å². The van der Waals surface area contributed by atoms with E-state index in [0.29, 0.717) is 0 Å². The van der Waals surface area contributed by atoms with E-state index in [1.807, 2.05) is 6.92 Å². The van der Waals surface area contributed by atoms with E-state index in [1.165, 1.54) is 6.07 Å². The van der Waals surface area contributed by atoms with E-state index in [2.05, 4.69) is 16.5 Å². The van der Waals surface area contributed by atoms with Crippen molar-refractivity contribution in [1.82, 2.24) is 9.55 Å². The third-order valence-corrected chi connectivity index (χ3v) is 4.05. The fraction of sp³-hybridized carbons (Fsp3) is 0.533. The molecule has 0 radical (unpaired) electrons. The lowest BCUT2D eigenvalue weighted by Gasteiger charge is -2.30. The Bertz CT molecular complexity index is 626. The summed E-state index contributed by atoms with van der Waals surface area (Å²) in [7, 11) is 0. The van der Waals surface area contributed by atoms with Crippen molar-refractivity contribution < 1.29 is 9.13 Å². The van der Waals surface area contributed by atoms with E-state index >= 15 is 0 Å². The molecule has 0 amide bonds. The normalized spacial score (nSPS) is 25.0. The lowest BCUT2D eigenvalue weighted by Crippen LogP contribution is -2.26. The standard InChI is InChI=1S/C15H18ClFN2O/c1-9-7-12(5-6-20-9)19-14-8-11(17)3-4-13(14)18-15(19)10(2)16/h3-4,8-10,12H,5-7H2,1-2H3. The number of hydrogen-bond acceptors (Lipinski definition) is 2. The topological polar surface area (TPSA) is 27.1 Å². The number of alkyl halides is 1. The zero-order valence-corrected chi connectivity index (χ0v) is 12.4. The summed E-state index contributed by atoms with van der Waals surface area (Å²) >= 11 is 6.27. The first-order chi connectivity index (χ1) is 9.56. The Hall–Kier alpha value is -1.13. The first kappa shape index (κ1) is 13.8. The molecule has 0 aliphatic carbocycles. The van der Waals surface area contributed by atoms with Crippen LogP contribution in [0.1, 0.15) is 43.9 Å². The molecule has 1 saturated heterocycles. The van der Waals surface area contributed by atoms with Crippen LogP contribution < -0.4 is 0 Å². The first-order valence-corrected chi connectivity index (χ1v) is 7.43. The predicted octanol–water partition coefficient (Wildman–Crippen LogP) is 4.22. The summed E-state index contributed by atoms with van der Waals surface area (Å²) in [5.74, 6) is 0.568. The molecular formula is C15H18ClFN2O. The van der Waals surface area contributed by atoms with E-state index in [-0.39, 0.29) is 23.3 Å². The summed E-state index contributed by atoms with van der Waals surface area (Å²) in [4.78, 5) is 4.58. The molecular weight excluding hydrogens is 279 g/mol. The molecule has 20 heavy (non-hydrogen) atoms. The van der Waals surface area contributed by atoms with Gasteiger partial charge < -0.3 is 9.30 Å². The van der Waals surface area contributed by atoms with Crippen molar-refractivity contribution in [2.75, 3.05) is 6.61 Å². The van der Waals surface area contributed by atoms with Gasteiger partial charge in [-0.05, 0) is 44.9 Å². The maximum Gasteiger partial charge on any atom is 0.127 e. The minimum absolute atomic E-state index is 0.205. The van der Waals surface area contributed by atoms with Gasteiger partial charge in [0.25, 0.3) is 0 Å². The Balaban J connectivity index is 2.14. The van der Waals surface area contributed by atoms with Crippen LogP contribution in [0.5, 0.6) is 0 Å². The molecule has 2 heterocycles. The number of ether oxygens (including phenoxy) is 1. The third kappa shape index (κ3) is 2.42. The smallest absolute Gasteiger partial charge is 0.127 e. The minimum atomic E-state index is -0.243. The van der Waals surface area contributed by atoms with Gasteiger partial charge in [-0.15, -0.1) is 11.6 Å². The molecule has 1 aliphatic heterocycles. The van der Waals surface area contributed by atoms with Crippen LogP contribution in [0.3, 0.4) is 0 Å². The summed E-state index contributed by atoms with van der Waals surface area (Å²) in [5.41, 5.74) is 1.62. The highest BCUT2D eigenvalue weighted by molar-refractivity contribution is 6.20. The molecule has 1 aliphatic rings. The van der Waals surface area contributed by atoms with Crippen molar-refractivity contribution >= 4 is 22.6 Å². The lowest BCUT2D eigenvalue weighted by atomic mass is 10.0. The SMILES string of the molecule is CC1CC(n2c(C(C)Cl)nc3ccc(F)cc32)CCO1. The van der Waals surface area contributed by atoms with Crippen molar-refractivity contribution in [3.05, 3.63) is 29.8 Å². The molecule has 3 atom stereocenters. The highest BCUT2D eigenvalue weighted by Crippen LogP contribution is 2.34. The minimum Gasteiger partial charge on any atom is -0.378 e. The molecule has 0 saturated carbocycles. The number of rotatable bonds is 2. The summed E-state index contributed by atoms with van der Waals surface area (Å²) in [5, 5.41) is -0.205. The Morgan fingerprint density at radius 3 is 3.00 bits per heavy atom. The number of hydrogen-bond donors (Lipinski definition) is 0. The number of halogens is 2. The molecule has 1 aromatic heterocycles. The molecule has 3 rings (SSSR count). The Morgan fingerprint density at radius 1 is 1.50 bits per heavy atom. The Kier molecular flexibility index (Phi) is 3.69. The van der Waals surface area contributed by atoms with Crippen LogP contribution in [-0.4, -0.2) is 22.3 Å². The maximum absolute atomic E-state index is 13.6. The molecule has 108 valence electrons. The molecule has 1 fully saturated rings. The van der Waals surface area contributed by atoms with Crippen LogP contribution in [0.25, 0.3) is 11.0 Å². The van der Waals surface area contributed by atoms with Gasteiger partial charge in [0.05, 0.1) is 22.5 Å². The third-order valence-electron chi connectivity index (χ3n) is 3.86. The van der Waals surface area contributed by atoms with Crippen molar-refractivity contribution in [2.45, 2.75) is 44.2 Å². The van der Waals surface area contributed by atoms with Gasteiger partial charge >= 0.3 is 0 Å². The van der Waals surface area contributed by atoms with E-state index in [9.17, 15) is 4.39 Å². The van der Waals surface area contributed by atoms with E-state index in [0.717, 1.165) is 36.3 Å². The molecule has 1 aromatic carbocycles. The summed E-state index contributed by atoms with van der Waals surface area (Å²) in [6.45, 7) is 4.69. The highest BCUT2D eigenvalue weighted by Gasteiger charge is 2.26. The fourth-order valence-corrected chi connectivity index (χ4v) is 3.11. The quantitative estimate of drug-likeness (QED) is 0.776. The van der Waals surface area contributed by atoms with Crippen molar-refractivity contribution in [2.24, 2.45) is 0 Å². The van der Waals surface area contributed by atoms with Crippen LogP contribution in [-0.2, 0) is 4.74 Å². The first-order valence-electron chi connectivity index (χ1n) is 6.99. The molecule has 2 aromatic rings. The zero-order valence-electron chi connectivity index (χ0n) is 11.6. The Morgan fingerprint density at radius 2 is 2.30 bits per heavy atom. The van der Waals surface area contributed by atoms with Gasteiger partial charge in [0, 0.05) is 12.6 Å². The number of benzene rings is 1. The van der Waals surface area contributed by atoms with Crippen molar-refractivity contribution in [3.8, 4) is 0 Å². The number of nitrogens with zero attached hydrogens (tertiary/aromatic N) is 2. The molecule has 3 unspecified atom stereocenters. The van der Waals surface area contributed by atoms with Crippen molar-refractivity contribution in [1.29, 1.82) is 0 Å². The number of imidazole rings is 1. The summed E-state index contributed by atoms with van der Waals surface area (Å²) in [6, 6.07) is 4.97. The monoisotopic (exact) mass is 296 g/mol. The van der Waals surface area contributed by atoms with Crippen LogP contribution in [0.4, 0.5) is 4.39 Å². The fourth-order valence-electron chi connectivity index (χ4n) is 2.96. The van der Waals surface area contributed by atoms with Crippen LogP contribution >= 0.6 is 11.6 Å². The predicted molar refractivity (Wildman–Crippen MR) is 77.6 cm³/mol. The van der Waals surface area contributed by atoms with Crippen LogP contribution in [0.15, 0.2) is 18.2 Å². The second-order valence-corrected chi connectivity index (χ2v) is 6.10. The second kappa shape index (κ2) is 5.34. The average molecular weight is 297 g/mol. The van der Waals surface area contributed by atoms with E-state index in [4.69, 9.17) is 16.3 Å². The van der Waals surface area contributed by atoms with Gasteiger partial charge in [0.2, 0.25) is 0 Å². The molecule has 3 nitrogen and oxygen atoms in total. The van der Waals surface area contributed by atoms with E-state index < -0.39 is 0 Å². The van der Waals surface area contributed by atoms with Crippen LogP contribution in [0.2, 0.25) is 0 Å². The van der Waals surface area contributed by atoms with E-state index in [1.54, 1.807) is 12.1 Å². The molecule has 0 N–H and O–H groups in total. The van der Waals surface area contributed by atoms with Gasteiger partial charge in [-0.1, -0.05) is 0 Å². The van der Waals surface area contributed by atoms with Gasteiger partial charge in [-0.2, -0.15) is 0 Å². The average Bonchev–Trinajstić information content (AvgIpc) is 2.77. The van der Waals surface area contributed by atoms with Crippen LogP contribution in [0, 0.1) is 5.82 Å². The van der Waals surface area contributed by atoms with Gasteiger partial charge in [-0.25, -0.2) is 9.37 Å². The molecule has 0 bridgehead atoms. The largest absolute Gasteiger partial charge is 0.378 e. The summed E-state index contributed by atoms with van der Waals surface area (Å²) in [6.07, 6.45) is 2.01. The van der Waals surface area contributed by atoms with Gasteiger partial charge in [0.15, 0.2) is 0 Å². The zero-order chi connectivity index (χ0) is 14.3. The molecule has 0 spiro atoms. The highest BCUT2D eigenvalue weighted by atomic mass is 35.5.